The van der Waals surface area contributed by atoms with Crippen LogP contribution in [0, 0.1) is 5.82 Å². The predicted molar refractivity (Wildman–Crippen MR) is 71.0 cm³/mol. The van der Waals surface area contributed by atoms with Gasteiger partial charge in [-0.05, 0) is 6.07 Å². The van der Waals surface area contributed by atoms with Crippen molar-refractivity contribution in [1.29, 1.82) is 0 Å². The fourth-order valence-electron chi connectivity index (χ4n) is 2.08. The number of ether oxygens (including phenoxy) is 1. The van der Waals surface area contributed by atoms with Crippen LogP contribution in [-0.4, -0.2) is 9.55 Å². The quantitative estimate of drug-likeness (QED) is 0.860. The number of halogens is 1. The van der Waals surface area contributed by atoms with Gasteiger partial charge in [0.25, 0.3) is 5.56 Å². The average molecular weight is 274 g/mol. The van der Waals surface area contributed by atoms with Crippen molar-refractivity contribution >= 4 is 6.08 Å². The molecule has 20 heavy (non-hydrogen) atoms. The van der Waals surface area contributed by atoms with E-state index in [9.17, 15) is 14.0 Å². The standard InChI is InChI=1S/C14H11FN2O3/c15-10-8-17(14(19)16-13(10)18)12-7-3-5-9-4-1-2-6-11(9)20-12/h1-6,8,12H,7H2,(H,16,18,19)/t12-/m0/s1. The molecule has 2 aromatic rings. The second-order valence-corrected chi connectivity index (χ2v) is 4.39. The fourth-order valence-corrected chi connectivity index (χ4v) is 2.08. The van der Waals surface area contributed by atoms with Gasteiger partial charge in [-0.25, -0.2) is 4.79 Å². The van der Waals surface area contributed by atoms with Crippen LogP contribution in [0.15, 0.2) is 46.1 Å². The first-order valence-electron chi connectivity index (χ1n) is 6.08. The highest BCUT2D eigenvalue weighted by molar-refractivity contribution is 5.57. The van der Waals surface area contributed by atoms with Gasteiger partial charge in [0.1, 0.15) is 5.75 Å². The van der Waals surface area contributed by atoms with E-state index in [-0.39, 0.29) is 0 Å². The van der Waals surface area contributed by atoms with Gasteiger partial charge in [-0.2, -0.15) is 4.39 Å². The Morgan fingerprint density at radius 2 is 2.10 bits per heavy atom. The van der Waals surface area contributed by atoms with Crippen LogP contribution in [0.2, 0.25) is 0 Å². The summed E-state index contributed by atoms with van der Waals surface area (Å²) in [4.78, 5) is 24.7. The molecular weight excluding hydrogens is 263 g/mol. The highest BCUT2D eigenvalue weighted by Gasteiger charge is 2.18. The van der Waals surface area contributed by atoms with Crippen LogP contribution in [0.25, 0.3) is 6.08 Å². The van der Waals surface area contributed by atoms with E-state index in [4.69, 9.17) is 4.74 Å². The SMILES string of the molecule is O=c1[nH]c(=O)n([C@@H]2CC=Cc3ccccc3O2)cc1F. The Kier molecular flexibility index (Phi) is 2.98. The Balaban J connectivity index is 2.05. The van der Waals surface area contributed by atoms with Gasteiger partial charge in [0, 0.05) is 12.0 Å². The third-order valence-corrected chi connectivity index (χ3v) is 3.05. The molecule has 1 atom stereocenters. The smallest absolute Gasteiger partial charge is 0.331 e. The number of rotatable bonds is 1. The molecule has 0 saturated carbocycles. The molecule has 0 aliphatic carbocycles. The van der Waals surface area contributed by atoms with E-state index in [2.05, 4.69) is 0 Å². The van der Waals surface area contributed by atoms with Crippen molar-refractivity contribution in [3.63, 3.8) is 0 Å². The minimum Gasteiger partial charge on any atom is -0.469 e. The fraction of sp³-hybridized carbons (Fsp3) is 0.143. The van der Waals surface area contributed by atoms with Crippen molar-refractivity contribution in [3.05, 3.63) is 68.8 Å². The topological polar surface area (TPSA) is 64.1 Å². The minimum atomic E-state index is -1.03. The lowest BCUT2D eigenvalue weighted by atomic mass is 10.2. The summed E-state index contributed by atoms with van der Waals surface area (Å²) in [7, 11) is 0. The zero-order valence-corrected chi connectivity index (χ0v) is 10.4. The summed E-state index contributed by atoms with van der Waals surface area (Å²) >= 11 is 0. The number of benzene rings is 1. The molecule has 0 fully saturated rings. The molecule has 1 aromatic heterocycles. The Labute approximate surface area is 113 Å². The second kappa shape index (κ2) is 4.80. The molecule has 5 nitrogen and oxygen atoms in total. The van der Waals surface area contributed by atoms with Crippen LogP contribution in [0.5, 0.6) is 5.75 Å². The highest BCUT2D eigenvalue weighted by atomic mass is 19.1. The van der Waals surface area contributed by atoms with Crippen LogP contribution in [0.4, 0.5) is 4.39 Å². The lowest BCUT2D eigenvalue weighted by molar-refractivity contribution is 0.129. The normalized spacial score (nSPS) is 17.1. The molecule has 0 saturated heterocycles. The zero-order valence-electron chi connectivity index (χ0n) is 10.4. The van der Waals surface area contributed by atoms with Gasteiger partial charge in [0.15, 0.2) is 6.23 Å². The van der Waals surface area contributed by atoms with Gasteiger partial charge in [0.2, 0.25) is 5.82 Å². The number of H-pyrrole nitrogens is 1. The highest BCUT2D eigenvalue weighted by Crippen LogP contribution is 2.28. The summed E-state index contributed by atoms with van der Waals surface area (Å²) < 4.78 is 20.1. The summed E-state index contributed by atoms with van der Waals surface area (Å²) in [6, 6.07) is 7.33. The molecular formula is C14H11FN2O3. The van der Waals surface area contributed by atoms with E-state index >= 15 is 0 Å². The van der Waals surface area contributed by atoms with Gasteiger partial charge in [-0.1, -0.05) is 30.4 Å². The molecule has 1 aliphatic rings. The van der Waals surface area contributed by atoms with Gasteiger partial charge in [-0.3, -0.25) is 14.3 Å². The first-order valence-corrected chi connectivity index (χ1v) is 6.08. The van der Waals surface area contributed by atoms with Gasteiger partial charge in [-0.15, -0.1) is 0 Å². The summed E-state index contributed by atoms with van der Waals surface area (Å²) in [5.74, 6) is -0.417. The van der Waals surface area contributed by atoms with Crippen LogP contribution in [0.1, 0.15) is 18.2 Å². The van der Waals surface area contributed by atoms with E-state index in [1.54, 1.807) is 6.07 Å². The summed E-state index contributed by atoms with van der Waals surface area (Å²) in [5.41, 5.74) is -0.849. The molecule has 0 spiro atoms. The summed E-state index contributed by atoms with van der Waals surface area (Å²) in [5, 5.41) is 0. The molecule has 3 rings (SSSR count). The zero-order chi connectivity index (χ0) is 14.1. The molecule has 1 aliphatic heterocycles. The van der Waals surface area contributed by atoms with Crippen molar-refractivity contribution < 1.29 is 9.13 Å². The first-order chi connectivity index (χ1) is 9.65. The van der Waals surface area contributed by atoms with E-state index in [1.165, 1.54) is 0 Å². The number of aromatic amines is 1. The summed E-state index contributed by atoms with van der Waals surface area (Å²) in [6.07, 6.45) is 4.27. The monoisotopic (exact) mass is 274 g/mol. The Bertz CT molecular complexity index is 791. The van der Waals surface area contributed by atoms with E-state index in [1.807, 2.05) is 35.3 Å². The number of nitrogens with one attached hydrogen (secondary N) is 1. The number of fused-ring (bicyclic) bond motifs is 1. The van der Waals surface area contributed by atoms with Crippen molar-refractivity contribution in [2.24, 2.45) is 0 Å². The van der Waals surface area contributed by atoms with Crippen molar-refractivity contribution in [2.45, 2.75) is 12.6 Å². The van der Waals surface area contributed by atoms with E-state index in [0.717, 1.165) is 16.3 Å². The molecule has 0 unspecified atom stereocenters. The summed E-state index contributed by atoms with van der Waals surface area (Å²) in [6.45, 7) is 0. The third-order valence-electron chi connectivity index (χ3n) is 3.05. The number of para-hydroxylation sites is 1. The van der Waals surface area contributed by atoms with Crippen LogP contribution in [0.3, 0.4) is 0 Å². The number of hydrogen-bond acceptors (Lipinski definition) is 3. The molecule has 0 amide bonds. The maximum Gasteiger partial charge on any atom is 0.331 e. The van der Waals surface area contributed by atoms with Gasteiger partial charge in [0.05, 0.1) is 6.20 Å². The molecule has 1 N–H and O–H groups in total. The van der Waals surface area contributed by atoms with Gasteiger partial charge >= 0.3 is 5.69 Å². The average Bonchev–Trinajstić information content (AvgIpc) is 2.65. The number of hydrogen-bond donors (Lipinski definition) is 1. The largest absolute Gasteiger partial charge is 0.469 e. The lowest BCUT2D eigenvalue weighted by Gasteiger charge is -2.19. The van der Waals surface area contributed by atoms with Crippen molar-refractivity contribution in [3.8, 4) is 5.75 Å². The Morgan fingerprint density at radius 3 is 2.95 bits per heavy atom. The van der Waals surface area contributed by atoms with Gasteiger partial charge < -0.3 is 4.74 Å². The predicted octanol–water partition coefficient (Wildman–Crippen LogP) is 1.67. The van der Waals surface area contributed by atoms with E-state index < -0.39 is 23.3 Å². The second-order valence-electron chi connectivity index (χ2n) is 4.39. The van der Waals surface area contributed by atoms with Crippen LogP contribution < -0.4 is 16.0 Å². The van der Waals surface area contributed by atoms with Crippen LogP contribution >= 0.6 is 0 Å². The molecule has 6 heteroatoms. The minimum absolute atomic E-state index is 0.389. The maximum atomic E-state index is 13.3. The van der Waals surface area contributed by atoms with E-state index in [0.29, 0.717) is 12.2 Å². The van der Waals surface area contributed by atoms with Crippen LogP contribution in [-0.2, 0) is 0 Å². The number of aromatic nitrogens is 2. The molecule has 0 bridgehead atoms. The molecule has 102 valence electrons. The third kappa shape index (κ3) is 2.16. The maximum absolute atomic E-state index is 13.3. The van der Waals surface area contributed by atoms with Crippen molar-refractivity contribution in [1.82, 2.24) is 9.55 Å². The van der Waals surface area contributed by atoms with Crippen molar-refractivity contribution in [2.75, 3.05) is 0 Å². The molecule has 0 radical (unpaired) electrons. The molecule has 1 aromatic carbocycles. The Hall–Kier alpha value is -2.63. The first kappa shape index (κ1) is 12.4. The Morgan fingerprint density at radius 1 is 1.30 bits per heavy atom. The lowest BCUT2D eigenvalue weighted by Crippen LogP contribution is -2.35. The number of nitrogens with zero attached hydrogens (tertiary/aromatic N) is 1. The molecule has 2 heterocycles.